The maximum Gasteiger partial charge on any atom is 0.0647 e. The zero-order valence-corrected chi connectivity index (χ0v) is 8.94. The quantitative estimate of drug-likeness (QED) is 0.650. The summed E-state index contributed by atoms with van der Waals surface area (Å²) in [5, 5.41) is 1.96. The van der Waals surface area contributed by atoms with E-state index in [4.69, 9.17) is 11.6 Å². The number of aromatic nitrogens is 1. The predicted octanol–water partition coefficient (Wildman–Crippen LogP) is 4.16. The highest BCUT2D eigenvalue weighted by Gasteiger charge is 1.99. The number of benzene rings is 1. The van der Waals surface area contributed by atoms with E-state index in [0.717, 1.165) is 16.2 Å². The van der Waals surface area contributed by atoms with Gasteiger partial charge in [0.25, 0.3) is 0 Å². The van der Waals surface area contributed by atoms with Crippen molar-refractivity contribution in [2.75, 3.05) is 0 Å². The molecule has 0 aliphatic rings. The summed E-state index contributed by atoms with van der Waals surface area (Å²) < 4.78 is 0. The summed E-state index contributed by atoms with van der Waals surface area (Å²) in [6.45, 7) is 6.02. The highest BCUT2D eigenvalue weighted by atomic mass is 35.5. The van der Waals surface area contributed by atoms with Gasteiger partial charge in [-0.3, -0.25) is 0 Å². The second-order valence-corrected chi connectivity index (χ2v) is 3.06. The predicted molar refractivity (Wildman–Crippen MR) is 59.4 cm³/mol. The number of hydrogen-bond donors (Lipinski definition) is 1. The van der Waals surface area contributed by atoms with Gasteiger partial charge in [0.2, 0.25) is 0 Å². The smallest absolute Gasteiger partial charge is 0.0647 e. The van der Waals surface area contributed by atoms with Gasteiger partial charge in [0, 0.05) is 11.1 Å². The van der Waals surface area contributed by atoms with Gasteiger partial charge in [-0.25, -0.2) is 0 Å². The molecule has 2 aromatic rings. The van der Waals surface area contributed by atoms with Crippen molar-refractivity contribution in [3.05, 3.63) is 35.0 Å². The van der Waals surface area contributed by atoms with Crippen LogP contribution in [0.25, 0.3) is 10.9 Å². The van der Waals surface area contributed by atoms with Crippen LogP contribution in [0.3, 0.4) is 0 Å². The molecule has 0 bridgehead atoms. The van der Waals surface area contributed by atoms with Gasteiger partial charge in [0.1, 0.15) is 0 Å². The molecule has 1 N–H and O–H groups in total. The summed E-state index contributed by atoms with van der Waals surface area (Å²) in [6.07, 6.45) is 0. The average molecular weight is 196 g/mol. The van der Waals surface area contributed by atoms with Crippen molar-refractivity contribution in [3.63, 3.8) is 0 Å². The Kier molecular flexibility index (Phi) is 3.38. The molecule has 1 aromatic heterocycles. The Labute approximate surface area is 83.7 Å². The summed E-state index contributed by atoms with van der Waals surface area (Å²) in [5.41, 5.74) is 2.18. The van der Waals surface area contributed by atoms with Crippen molar-refractivity contribution in [1.29, 1.82) is 0 Å². The van der Waals surface area contributed by atoms with Crippen molar-refractivity contribution in [1.82, 2.24) is 4.98 Å². The molecule has 13 heavy (non-hydrogen) atoms. The standard InChI is InChI=1S/C9H8ClN.C2H6/c1-6-5-7-3-2-4-8(10)9(7)11-6;1-2/h2-5,11H,1H3;1-2H3. The Morgan fingerprint density at radius 1 is 1.23 bits per heavy atom. The van der Waals surface area contributed by atoms with Gasteiger partial charge < -0.3 is 4.98 Å². The fourth-order valence-electron chi connectivity index (χ4n) is 1.26. The van der Waals surface area contributed by atoms with E-state index in [1.54, 1.807) is 0 Å². The molecule has 0 atom stereocenters. The topological polar surface area (TPSA) is 15.8 Å². The van der Waals surface area contributed by atoms with Crippen LogP contribution in [0.15, 0.2) is 24.3 Å². The molecule has 0 spiro atoms. The number of nitrogens with one attached hydrogen (secondary N) is 1. The molecule has 0 radical (unpaired) electrons. The number of hydrogen-bond acceptors (Lipinski definition) is 0. The van der Waals surface area contributed by atoms with Crippen molar-refractivity contribution >= 4 is 22.5 Å². The molecule has 0 aliphatic carbocycles. The van der Waals surface area contributed by atoms with Crippen molar-refractivity contribution in [2.45, 2.75) is 20.8 Å². The Morgan fingerprint density at radius 3 is 2.54 bits per heavy atom. The fourth-order valence-corrected chi connectivity index (χ4v) is 1.49. The SMILES string of the molecule is CC.Cc1cc2cccc(Cl)c2[nH]1. The van der Waals surface area contributed by atoms with Gasteiger partial charge in [-0.15, -0.1) is 0 Å². The van der Waals surface area contributed by atoms with E-state index in [1.807, 2.05) is 39.0 Å². The number of rotatable bonds is 0. The third-order valence-electron chi connectivity index (χ3n) is 1.74. The third kappa shape index (κ3) is 2.04. The van der Waals surface area contributed by atoms with Crippen LogP contribution in [-0.2, 0) is 0 Å². The van der Waals surface area contributed by atoms with Gasteiger partial charge in [-0.05, 0) is 19.1 Å². The lowest BCUT2D eigenvalue weighted by Crippen LogP contribution is -1.69. The summed E-state index contributed by atoms with van der Waals surface area (Å²) in [7, 11) is 0. The minimum absolute atomic E-state index is 0.788. The molecular formula is C11H14ClN. The van der Waals surface area contributed by atoms with Gasteiger partial charge in [0.05, 0.1) is 10.5 Å². The molecule has 1 heterocycles. The van der Waals surface area contributed by atoms with E-state index in [0.29, 0.717) is 0 Å². The lowest BCUT2D eigenvalue weighted by atomic mass is 10.2. The zero-order valence-electron chi connectivity index (χ0n) is 8.19. The number of aryl methyl sites for hydroxylation is 1. The van der Waals surface area contributed by atoms with E-state index < -0.39 is 0 Å². The maximum atomic E-state index is 5.94. The molecule has 1 aromatic carbocycles. The Balaban J connectivity index is 0.000000396. The fraction of sp³-hybridized carbons (Fsp3) is 0.273. The van der Waals surface area contributed by atoms with Crippen LogP contribution in [0.4, 0.5) is 0 Å². The van der Waals surface area contributed by atoms with Crippen LogP contribution in [0.1, 0.15) is 19.5 Å². The molecule has 70 valence electrons. The molecule has 2 rings (SSSR count). The van der Waals surface area contributed by atoms with Crippen molar-refractivity contribution in [3.8, 4) is 0 Å². The second kappa shape index (κ2) is 4.33. The average Bonchev–Trinajstić information content (AvgIpc) is 2.51. The van der Waals surface area contributed by atoms with Crippen LogP contribution < -0.4 is 0 Å². The van der Waals surface area contributed by atoms with Crippen LogP contribution in [0.2, 0.25) is 5.02 Å². The van der Waals surface area contributed by atoms with Gasteiger partial charge in [0.15, 0.2) is 0 Å². The first-order valence-corrected chi connectivity index (χ1v) is 4.89. The van der Waals surface area contributed by atoms with E-state index in [9.17, 15) is 0 Å². The van der Waals surface area contributed by atoms with Gasteiger partial charge in [-0.1, -0.05) is 37.6 Å². The normalized spacial score (nSPS) is 9.54. The Hall–Kier alpha value is -0.950. The summed E-state index contributed by atoms with van der Waals surface area (Å²) >= 11 is 5.94. The molecule has 0 saturated heterocycles. The van der Waals surface area contributed by atoms with Crippen molar-refractivity contribution < 1.29 is 0 Å². The third-order valence-corrected chi connectivity index (χ3v) is 2.05. The summed E-state index contributed by atoms with van der Waals surface area (Å²) in [4.78, 5) is 3.19. The Morgan fingerprint density at radius 2 is 1.92 bits per heavy atom. The van der Waals surface area contributed by atoms with E-state index in [2.05, 4.69) is 11.1 Å². The van der Waals surface area contributed by atoms with Gasteiger partial charge >= 0.3 is 0 Å². The molecule has 0 unspecified atom stereocenters. The number of H-pyrrole nitrogens is 1. The molecular weight excluding hydrogens is 182 g/mol. The van der Waals surface area contributed by atoms with E-state index in [-0.39, 0.29) is 0 Å². The molecule has 0 saturated carbocycles. The van der Waals surface area contributed by atoms with Crippen molar-refractivity contribution in [2.24, 2.45) is 0 Å². The first-order chi connectivity index (χ1) is 6.27. The molecule has 0 amide bonds. The molecule has 1 nitrogen and oxygen atoms in total. The monoisotopic (exact) mass is 195 g/mol. The molecule has 2 heteroatoms. The lowest BCUT2D eigenvalue weighted by Gasteiger charge is -1.90. The minimum atomic E-state index is 0.788. The maximum absolute atomic E-state index is 5.94. The van der Waals surface area contributed by atoms with E-state index >= 15 is 0 Å². The second-order valence-electron chi connectivity index (χ2n) is 2.66. The lowest BCUT2D eigenvalue weighted by molar-refractivity contribution is 1.30. The number of aromatic amines is 1. The first kappa shape index (κ1) is 10.1. The van der Waals surface area contributed by atoms with Crippen LogP contribution in [-0.4, -0.2) is 4.98 Å². The number of para-hydroxylation sites is 1. The largest absolute Gasteiger partial charge is 0.357 e. The highest BCUT2D eigenvalue weighted by Crippen LogP contribution is 2.22. The Bertz CT molecular complexity index is 390. The van der Waals surface area contributed by atoms with E-state index in [1.165, 1.54) is 5.39 Å². The zero-order chi connectivity index (χ0) is 9.84. The highest BCUT2D eigenvalue weighted by molar-refractivity contribution is 6.35. The van der Waals surface area contributed by atoms with Crippen LogP contribution in [0, 0.1) is 6.92 Å². The molecule has 0 aliphatic heterocycles. The summed E-state index contributed by atoms with van der Waals surface area (Å²) in [6, 6.07) is 7.98. The minimum Gasteiger partial charge on any atom is -0.357 e. The summed E-state index contributed by atoms with van der Waals surface area (Å²) in [5.74, 6) is 0. The molecule has 0 fully saturated rings. The number of fused-ring (bicyclic) bond motifs is 1. The van der Waals surface area contributed by atoms with Crippen LogP contribution >= 0.6 is 11.6 Å². The number of halogens is 1. The van der Waals surface area contributed by atoms with Gasteiger partial charge in [-0.2, -0.15) is 0 Å². The first-order valence-electron chi connectivity index (χ1n) is 4.51. The van der Waals surface area contributed by atoms with Crippen LogP contribution in [0.5, 0.6) is 0 Å².